The first kappa shape index (κ1) is 23.0. The summed E-state index contributed by atoms with van der Waals surface area (Å²) in [6.45, 7) is 15.5. The Morgan fingerprint density at radius 1 is 1.00 bits per heavy atom. The molecule has 0 bridgehead atoms. The van der Waals surface area contributed by atoms with Gasteiger partial charge in [0.25, 0.3) is 0 Å². The van der Waals surface area contributed by atoms with E-state index in [0.29, 0.717) is 6.54 Å². The first-order chi connectivity index (χ1) is 14.7. The van der Waals surface area contributed by atoms with E-state index >= 15 is 0 Å². The van der Waals surface area contributed by atoms with Gasteiger partial charge in [-0.3, -0.25) is 9.80 Å². The molecule has 0 spiro atoms. The quantitative estimate of drug-likeness (QED) is 0.369. The second-order valence-electron chi connectivity index (χ2n) is 8.70. The Bertz CT molecular complexity index is 619. The molecule has 2 aliphatic heterocycles. The van der Waals surface area contributed by atoms with Crippen LogP contribution in [0, 0.1) is 5.92 Å². The van der Waals surface area contributed by atoms with E-state index in [2.05, 4.69) is 58.5 Å². The van der Waals surface area contributed by atoms with Gasteiger partial charge in [-0.2, -0.15) is 0 Å². The molecular formula is C24H41N5O. The van der Waals surface area contributed by atoms with Crippen molar-refractivity contribution in [3.05, 3.63) is 35.4 Å². The van der Waals surface area contributed by atoms with Gasteiger partial charge in [0.2, 0.25) is 0 Å². The summed E-state index contributed by atoms with van der Waals surface area (Å²) in [6, 6.07) is 9.00. The molecule has 1 aromatic carbocycles. The third-order valence-electron chi connectivity index (χ3n) is 6.12. The number of aliphatic imine (C=N–C) groups is 1. The van der Waals surface area contributed by atoms with Gasteiger partial charge >= 0.3 is 0 Å². The van der Waals surface area contributed by atoms with Crippen LogP contribution in [0.2, 0.25) is 0 Å². The molecule has 0 saturated carbocycles. The molecule has 2 N–H and O–H groups in total. The molecule has 0 unspecified atom stereocenters. The lowest BCUT2D eigenvalue weighted by molar-refractivity contribution is 0.0376. The minimum Gasteiger partial charge on any atom is -0.379 e. The average molecular weight is 416 g/mol. The third-order valence-corrected chi connectivity index (χ3v) is 6.12. The van der Waals surface area contributed by atoms with E-state index < -0.39 is 0 Å². The summed E-state index contributed by atoms with van der Waals surface area (Å²) in [5.74, 6) is 1.80. The van der Waals surface area contributed by atoms with Crippen molar-refractivity contribution in [3.8, 4) is 0 Å². The summed E-state index contributed by atoms with van der Waals surface area (Å²) in [5, 5.41) is 6.83. The molecule has 2 heterocycles. The van der Waals surface area contributed by atoms with E-state index in [4.69, 9.17) is 9.73 Å². The summed E-state index contributed by atoms with van der Waals surface area (Å²) in [5.41, 5.74) is 2.67. The molecule has 0 amide bonds. The maximum atomic E-state index is 5.41. The largest absolute Gasteiger partial charge is 0.379 e. The van der Waals surface area contributed by atoms with Crippen LogP contribution < -0.4 is 10.6 Å². The predicted molar refractivity (Wildman–Crippen MR) is 125 cm³/mol. The first-order valence-electron chi connectivity index (χ1n) is 11.9. The standard InChI is InChI=1S/C24H41N5O/c1-3-25-24(26-11-4-12-28-15-17-30-18-16-28)27-19-22-5-7-23(8-6-22)20-29-13-9-21(2)10-14-29/h5-8,21H,3-4,9-20H2,1-2H3,(H2,25,26,27). The van der Waals surface area contributed by atoms with Crippen molar-refractivity contribution in [1.29, 1.82) is 0 Å². The minimum absolute atomic E-state index is 0.709. The summed E-state index contributed by atoms with van der Waals surface area (Å²) < 4.78 is 5.41. The maximum Gasteiger partial charge on any atom is 0.191 e. The second-order valence-corrected chi connectivity index (χ2v) is 8.70. The lowest BCUT2D eigenvalue weighted by atomic mass is 9.99. The van der Waals surface area contributed by atoms with Crippen LogP contribution in [-0.2, 0) is 17.8 Å². The average Bonchev–Trinajstić information content (AvgIpc) is 2.78. The maximum absolute atomic E-state index is 5.41. The summed E-state index contributed by atoms with van der Waals surface area (Å²) in [4.78, 5) is 9.83. The van der Waals surface area contributed by atoms with E-state index in [1.807, 2.05) is 0 Å². The van der Waals surface area contributed by atoms with Crippen molar-refractivity contribution in [2.75, 3.05) is 59.0 Å². The van der Waals surface area contributed by atoms with Crippen molar-refractivity contribution in [1.82, 2.24) is 20.4 Å². The van der Waals surface area contributed by atoms with Crippen LogP contribution in [0.5, 0.6) is 0 Å². The van der Waals surface area contributed by atoms with Gasteiger partial charge in [-0.25, -0.2) is 4.99 Å². The lowest BCUT2D eigenvalue weighted by Crippen LogP contribution is -2.40. The van der Waals surface area contributed by atoms with E-state index in [0.717, 1.165) is 70.8 Å². The van der Waals surface area contributed by atoms with Crippen molar-refractivity contribution < 1.29 is 4.74 Å². The molecule has 6 heteroatoms. The zero-order chi connectivity index (χ0) is 21.0. The Kier molecular flexibility index (Phi) is 9.93. The number of ether oxygens (including phenoxy) is 1. The van der Waals surface area contributed by atoms with Crippen LogP contribution in [0.25, 0.3) is 0 Å². The molecular weight excluding hydrogens is 374 g/mol. The molecule has 0 radical (unpaired) electrons. The fourth-order valence-corrected chi connectivity index (χ4v) is 4.07. The summed E-state index contributed by atoms with van der Waals surface area (Å²) in [7, 11) is 0. The number of benzene rings is 1. The molecule has 3 rings (SSSR count). The Balaban J connectivity index is 1.39. The van der Waals surface area contributed by atoms with E-state index in [1.165, 1.54) is 37.1 Å². The Hall–Kier alpha value is -1.63. The smallest absolute Gasteiger partial charge is 0.191 e. The number of guanidine groups is 1. The van der Waals surface area contributed by atoms with Crippen molar-refractivity contribution in [2.24, 2.45) is 10.9 Å². The van der Waals surface area contributed by atoms with Gasteiger partial charge in [0.05, 0.1) is 19.8 Å². The van der Waals surface area contributed by atoms with Gasteiger partial charge in [0, 0.05) is 32.7 Å². The second kappa shape index (κ2) is 12.9. The predicted octanol–water partition coefficient (Wildman–Crippen LogP) is 2.70. The fraction of sp³-hybridized carbons (Fsp3) is 0.708. The van der Waals surface area contributed by atoms with Crippen LogP contribution in [0.4, 0.5) is 0 Å². The summed E-state index contributed by atoms with van der Waals surface area (Å²) in [6.07, 6.45) is 3.79. The van der Waals surface area contributed by atoms with Crippen molar-refractivity contribution in [2.45, 2.75) is 46.2 Å². The number of nitrogens with zero attached hydrogens (tertiary/aromatic N) is 3. The highest BCUT2D eigenvalue weighted by Crippen LogP contribution is 2.18. The summed E-state index contributed by atoms with van der Waals surface area (Å²) >= 11 is 0. The Morgan fingerprint density at radius 3 is 2.40 bits per heavy atom. The van der Waals surface area contributed by atoms with E-state index in [-0.39, 0.29) is 0 Å². The van der Waals surface area contributed by atoms with Crippen LogP contribution in [0.1, 0.15) is 44.2 Å². The highest BCUT2D eigenvalue weighted by atomic mass is 16.5. The number of hydrogen-bond acceptors (Lipinski definition) is 4. The van der Waals surface area contributed by atoms with Gasteiger partial charge in [-0.05, 0) is 62.9 Å². The third kappa shape index (κ3) is 8.25. The Labute approximate surface area is 183 Å². The molecule has 1 aromatic rings. The highest BCUT2D eigenvalue weighted by molar-refractivity contribution is 5.79. The van der Waals surface area contributed by atoms with Gasteiger partial charge in [-0.1, -0.05) is 31.2 Å². The minimum atomic E-state index is 0.709. The van der Waals surface area contributed by atoms with Crippen LogP contribution >= 0.6 is 0 Å². The number of likely N-dealkylation sites (tertiary alicyclic amines) is 1. The molecule has 0 atom stereocenters. The monoisotopic (exact) mass is 415 g/mol. The van der Waals surface area contributed by atoms with Gasteiger partial charge in [0.15, 0.2) is 5.96 Å². The highest BCUT2D eigenvalue weighted by Gasteiger charge is 2.15. The zero-order valence-electron chi connectivity index (χ0n) is 19.0. The Morgan fingerprint density at radius 2 is 1.70 bits per heavy atom. The van der Waals surface area contributed by atoms with Crippen LogP contribution in [0.15, 0.2) is 29.3 Å². The molecule has 30 heavy (non-hydrogen) atoms. The van der Waals surface area contributed by atoms with Gasteiger partial charge in [-0.15, -0.1) is 0 Å². The molecule has 2 saturated heterocycles. The number of morpholine rings is 1. The number of piperidine rings is 1. The lowest BCUT2D eigenvalue weighted by Gasteiger charge is -2.30. The van der Waals surface area contributed by atoms with Gasteiger partial charge in [0.1, 0.15) is 0 Å². The van der Waals surface area contributed by atoms with Crippen LogP contribution in [0.3, 0.4) is 0 Å². The van der Waals surface area contributed by atoms with Crippen molar-refractivity contribution in [3.63, 3.8) is 0 Å². The molecule has 6 nitrogen and oxygen atoms in total. The molecule has 0 aliphatic carbocycles. The topological polar surface area (TPSA) is 52.1 Å². The molecule has 2 fully saturated rings. The molecule has 168 valence electrons. The number of hydrogen-bond donors (Lipinski definition) is 2. The molecule has 0 aromatic heterocycles. The fourth-order valence-electron chi connectivity index (χ4n) is 4.07. The van der Waals surface area contributed by atoms with Crippen LogP contribution in [-0.4, -0.2) is 74.8 Å². The normalized spacial score (nSPS) is 19.7. The van der Waals surface area contributed by atoms with E-state index in [9.17, 15) is 0 Å². The SMILES string of the molecule is CCNC(=NCc1ccc(CN2CCC(C)CC2)cc1)NCCCN1CCOCC1. The number of rotatable bonds is 9. The number of nitrogens with one attached hydrogen (secondary N) is 2. The first-order valence-corrected chi connectivity index (χ1v) is 11.9. The molecule has 2 aliphatic rings. The zero-order valence-corrected chi connectivity index (χ0v) is 19.0. The van der Waals surface area contributed by atoms with Crippen molar-refractivity contribution >= 4 is 5.96 Å². The van der Waals surface area contributed by atoms with E-state index in [1.54, 1.807) is 0 Å². The van der Waals surface area contributed by atoms with Gasteiger partial charge < -0.3 is 15.4 Å².